The van der Waals surface area contributed by atoms with Crippen LogP contribution in [0.25, 0.3) is 0 Å². The number of rotatable bonds is 2. The summed E-state index contributed by atoms with van der Waals surface area (Å²) in [4.78, 5) is 12.2. The highest BCUT2D eigenvalue weighted by Crippen LogP contribution is 2.26. The second-order valence-electron chi connectivity index (χ2n) is 5.33. The standard InChI is InChI=1S/C14H15Cl2N3O/c15-11-5-4-10(8-12(11)16)9-13-17-14(20)19(18-13)6-2-1-3-7-19/h4-5,8H,1-3,6-7,9H2/p+1. The predicted molar refractivity (Wildman–Crippen MR) is 80.0 cm³/mol. The van der Waals surface area contributed by atoms with Crippen LogP contribution in [0, 0.1) is 0 Å². The molecule has 1 aromatic rings. The van der Waals surface area contributed by atoms with Gasteiger partial charge in [-0.05, 0) is 37.0 Å². The molecule has 2 aliphatic rings. The molecule has 0 aliphatic carbocycles. The van der Waals surface area contributed by atoms with Gasteiger partial charge in [0.25, 0.3) is 0 Å². The Morgan fingerprint density at radius 2 is 1.90 bits per heavy atom. The smallest absolute Gasteiger partial charge is 0.256 e. The van der Waals surface area contributed by atoms with Crippen molar-refractivity contribution in [1.29, 1.82) is 0 Å². The second-order valence-corrected chi connectivity index (χ2v) is 6.15. The quantitative estimate of drug-likeness (QED) is 0.833. The number of urea groups is 1. The molecule has 20 heavy (non-hydrogen) atoms. The Bertz CT molecular complexity index is 580. The normalized spacial score (nSPS) is 20.9. The van der Waals surface area contributed by atoms with Gasteiger partial charge >= 0.3 is 6.03 Å². The summed E-state index contributed by atoms with van der Waals surface area (Å²) < 4.78 is 0.219. The van der Waals surface area contributed by atoms with Crippen molar-refractivity contribution in [3.63, 3.8) is 0 Å². The lowest BCUT2D eigenvalue weighted by atomic mass is 10.1. The molecule has 2 aliphatic heterocycles. The number of quaternary nitrogens is 1. The zero-order valence-electron chi connectivity index (χ0n) is 11.0. The molecule has 1 spiro atoms. The molecule has 6 heteroatoms. The molecule has 1 fully saturated rings. The Kier molecular flexibility index (Phi) is 3.71. The van der Waals surface area contributed by atoms with Gasteiger partial charge in [-0.1, -0.05) is 34.4 Å². The van der Waals surface area contributed by atoms with Crippen molar-refractivity contribution in [2.24, 2.45) is 5.10 Å². The summed E-state index contributed by atoms with van der Waals surface area (Å²) >= 11 is 11.9. The molecule has 3 rings (SSSR count). The van der Waals surface area contributed by atoms with E-state index >= 15 is 0 Å². The minimum Gasteiger partial charge on any atom is -0.256 e. The zero-order chi connectivity index (χ0) is 14.2. The minimum absolute atomic E-state index is 0.000222. The van der Waals surface area contributed by atoms with Gasteiger partial charge < -0.3 is 0 Å². The van der Waals surface area contributed by atoms with E-state index in [2.05, 4.69) is 10.4 Å². The number of halogens is 2. The first-order valence-corrected chi connectivity index (χ1v) is 7.56. The van der Waals surface area contributed by atoms with E-state index in [1.165, 1.54) is 6.42 Å². The van der Waals surface area contributed by atoms with Crippen molar-refractivity contribution >= 4 is 35.1 Å². The van der Waals surface area contributed by atoms with Crippen LogP contribution in [0.3, 0.4) is 0 Å². The number of benzene rings is 1. The van der Waals surface area contributed by atoms with Gasteiger partial charge in [0.05, 0.1) is 10.0 Å². The fourth-order valence-corrected chi connectivity index (χ4v) is 3.11. The molecule has 0 radical (unpaired) electrons. The summed E-state index contributed by atoms with van der Waals surface area (Å²) in [7, 11) is 0. The number of carbonyl (C=O) groups excluding carboxylic acids is 1. The summed E-state index contributed by atoms with van der Waals surface area (Å²) in [5.41, 5.74) is 0.996. The number of hydrogen-bond acceptors (Lipinski definition) is 2. The maximum atomic E-state index is 12.2. The average Bonchev–Trinajstić information content (AvgIpc) is 2.71. The molecule has 0 bridgehead atoms. The van der Waals surface area contributed by atoms with E-state index in [9.17, 15) is 4.79 Å². The maximum Gasteiger partial charge on any atom is 0.448 e. The first-order valence-electron chi connectivity index (χ1n) is 6.81. The van der Waals surface area contributed by atoms with Crippen molar-refractivity contribution in [1.82, 2.24) is 5.32 Å². The van der Waals surface area contributed by atoms with E-state index < -0.39 is 0 Å². The van der Waals surface area contributed by atoms with Crippen LogP contribution >= 0.6 is 23.2 Å². The van der Waals surface area contributed by atoms with Crippen LogP contribution in [-0.4, -0.2) is 29.5 Å². The number of nitrogens with one attached hydrogen (secondary N) is 1. The van der Waals surface area contributed by atoms with Crippen LogP contribution in [0.5, 0.6) is 0 Å². The molecule has 106 valence electrons. The lowest BCUT2D eigenvalue weighted by Gasteiger charge is -2.27. The van der Waals surface area contributed by atoms with Crippen LogP contribution in [0.2, 0.25) is 10.0 Å². The average molecular weight is 313 g/mol. The fraction of sp³-hybridized carbons (Fsp3) is 0.429. The maximum absolute atomic E-state index is 12.2. The van der Waals surface area contributed by atoms with Crippen LogP contribution < -0.4 is 5.32 Å². The molecule has 0 atom stereocenters. The van der Waals surface area contributed by atoms with E-state index in [0.717, 1.165) is 37.3 Å². The third kappa shape index (κ3) is 2.55. The minimum atomic E-state index is -0.000222. The van der Waals surface area contributed by atoms with E-state index in [1.54, 1.807) is 6.07 Å². The van der Waals surface area contributed by atoms with E-state index in [4.69, 9.17) is 23.2 Å². The summed E-state index contributed by atoms with van der Waals surface area (Å²) in [5.74, 6) is 0.718. The number of piperidine rings is 1. The monoisotopic (exact) mass is 312 g/mol. The van der Waals surface area contributed by atoms with E-state index in [-0.39, 0.29) is 10.6 Å². The molecular weight excluding hydrogens is 297 g/mol. The third-order valence-corrected chi connectivity index (χ3v) is 4.59. The van der Waals surface area contributed by atoms with Gasteiger partial charge in [-0.3, -0.25) is 5.32 Å². The number of carbonyl (C=O) groups is 1. The molecular formula is C14H16Cl2N3O+. The Balaban J connectivity index is 1.79. The Labute approximate surface area is 127 Å². The van der Waals surface area contributed by atoms with Gasteiger partial charge in [-0.2, -0.15) is 0 Å². The number of hydrogen-bond donors (Lipinski definition) is 1. The summed E-state index contributed by atoms with van der Waals surface area (Å²) in [5, 5.41) is 8.59. The van der Waals surface area contributed by atoms with E-state index in [1.807, 2.05) is 12.1 Å². The van der Waals surface area contributed by atoms with Crippen molar-refractivity contribution in [3.8, 4) is 0 Å². The summed E-state index contributed by atoms with van der Waals surface area (Å²) in [6, 6.07) is 5.49. The van der Waals surface area contributed by atoms with Crippen LogP contribution in [-0.2, 0) is 6.42 Å². The number of nitrogens with zero attached hydrogens (tertiary/aromatic N) is 2. The number of amides is 2. The number of amidine groups is 1. The predicted octanol–water partition coefficient (Wildman–Crippen LogP) is 3.57. The SMILES string of the molecule is O=C1NC(Cc2ccc(Cl)c(Cl)c2)=N[N+]12CCCCC2. The lowest BCUT2D eigenvalue weighted by Crippen LogP contribution is -2.51. The Morgan fingerprint density at radius 1 is 1.15 bits per heavy atom. The van der Waals surface area contributed by atoms with Gasteiger partial charge in [0.1, 0.15) is 13.1 Å². The van der Waals surface area contributed by atoms with Crippen molar-refractivity contribution in [2.75, 3.05) is 13.1 Å². The van der Waals surface area contributed by atoms with Crippen molar-refractivity contribution in [3.05, 3.63) is 33.8 Å². The van der Waals surface area contributed by atoms with Crippen LogP contribution in [0.1, 0.15) is 24.8 Å². The highest BCUT2D eigenvalue weighted by atomic mass is 35.5. The first-order chi connectivity index (χ1) is 9.59. The molecule has 1 N–H and O–H groups in total. The summed E-state index contributed by atoms with van der Waals surface area (Å²) in [6.07, 6.45) is 3.86. The lowest BCUT2D eigenvalue weighted by molar-refractivity contribution is -0.858. The Hall–Kier alpha value is -1.10. The molecule has 1 aromatic carbocycles. The van der Waals surface area contributed by atoms with Crippen LogP contribution in [0.15, 0.2) is 23.3 Å². The van der Waals surface area contributed by atoms with Gasteiger partial charge in [-0.15, -0.1) is 4.59 Å². The second kappa shape index (κ2) is 5.35. The largest absolute Gasteiger partial charge is 0.448 e. The highest BCUT2D eigenvalue weighted by molar-refractivity contribution is 6.42. The third-order valence-electron chi connectivity index (χ3n) is 3.85. The summed E-state index contributed by atoms with van der Waals surface area (Å²) in [6.45, 7) is 1.60. The molecule has 2 amide bonds. The molecule has 2 heterocycles. The van der Waals surface area contributed by atoms with Crippen LogP contribution in [0.4, 0.5) is 4.79 Å². The molecule has 4 nitrogen and oxygen atoms in total. The van der Waals surface area contributed by atoms with Crippen molar-refractivity contribution in [2.45, 2.75) is 25.7 Å². The van der Waals surface area contributed by atoms with Gasteiger partial charge in [0.15, 0.2) is 5.84 Å². The topological polar surface area (TPSA) is 41.5 Å². The fourth-order valence-electron chi connectivity index (χ4n) is 2.79. The van der Waals surface area contributed by atoms with Gasteiger partial charge in [0, 0.05) is 6.42 Å². The molecule has 0 unspecified atom stereocenters. The molecule has 0 saturated carbocycles. The molecule has 1 saturated heterocycles. The van der Waals surface area contributed by atoms with Crippen molar-refractivity contribution < 1.29 is 9.39 Å². The Morgan fingerprint density at radius 3 is 2.60 bits per heavy atom. The highest BCUT2D eigenvalue weighted by Gasteiger charge is 2.44. The zero-order valence-corrected chi connectivity index (χ0v) is 12.5. The van der Waals surface area contributed by atoms with E-state index in [0.29, 0.717) is 16.5 Å². The van der Waals surface area contributed by atoms with Gasteiger partial charge in [-0.25, -0.2) is 4.79 Å². The van der Waals surface area contributed by atoms with Gasteiger partial charge in [0.2, 0.25) is 0 Å². The molecule has 0 aromatic heterocycles. The first kappa shape index (κ1) is 13.9.